The fraction of sp³-hybridized carbons (Fsp3) is 0.235. The third kappa shape index (κ3) is 2.67. The summed E-state index contributed by atoms with van der Waals surface area (Å²) in [6, 6.07) is 12.9. The van der Waals surface area contributed by atoms with Crippen molar-refractivity contribution < 1.29 is 8.78 Å². The monoisotopic (exact) mass is 327 g/mol. The van der Waals surface area contributed by atoms with Crippen LogP contribution >= 0.6 is 0 Å². The largest absolute Gasteiger partial charge is 0.283 e. The Morgan fingerprint density at radius 2 is 1.88 bits per heavy atom. The Bertz CT molecular complexity index is 849. The van der Waals surface area contributed by atoms with Crippen LogP contribution in [-0.4, -0.2) is 31.7 Å². The average molecular weight is 327 g/mol. The normalized spacial score (nSPS) is 17.7. The van der Waals surface area contributed by atoms with E-state index in [1.807, 2.05) is 30.3 Å². The summed E-state index contributed by atoms with van der Waals surface area (Å²) < 4.78 is 29.8. The molecule has 0 amide bonds. The second-order valence-electron chi connectivity index (χ2n) is 5.78. The van der Waals surface area contributed by atoms with Gasteiger partial charge in [0.2, 0.25) is 0 Å². The molecule has 1 aliphatic heterocycles. The second-order valence-corrected chi connectivity index (χ2v) is 5.78. The molecular weight excluding hydrogens is 312 g/mol. The van der Waals surface area contributed by atoms with Crippen molar-refractivity contribution in [2.75, 3.05) is 6.54 Å². The summed E-state index contributed by atoms with van der Waals surface area (Å²) >= 11 is 0. The number of halogens is 2. The molecule has 2 heterocycles. The molecule has 1 aliphatic rings. The Balaban J connectivity index is 1.77. The van der Waals surface area contributed by atoms with Gasteiger partial charge in [0, 0.05) is 18.7 Å². The van der Waals surface area contributed by atoms with Crippen molar-refractivity contribution in [3.8, 4) is 0 Å². The van der Waals surface area contributed by atoms with Crippen LogP contribution in [0.2, 0.25) is 0 Å². The van der Waals surface area contributed by atoms with Crippen LogP contribution in [0.25, 0.3) is 0 Å². The lowest BCUT2D eigenvalue weighted by molar-refractivity contribution is 0.161. The molecule has 0 saturated heterocycles. The highest BCUT2D eigenvalue weighted by molar-refractivity contribution is 5.28. The molecule has 0 spiro atoms. The zero-order chi connectivity index (χ0) is 16.5. The molecule has 1 atom stereocenters. The van der Waals surface area contributed by atoms with E-state index < -0.39 is 17.7 Å². The van der Waals surface area contributed by atoms with Crippen molar-refractivity contribution in [3.63, 3.8) is 0 Å². The first-order valence-electron chi connectivity index (χ1n) is 7.71. The standard InChI is InChI=1S/C17H15F2N5/c18-13-6-7-15(19)14(10-13)16-17-20-21-22-24(17)9-8-23(16)11-12-4-2-1-3-5-12/h1-7,10,16H,8-9,11H2. The number of hydrogen-bond donors (Lipinski definition) is 0. The summed E-state index contributed by atoms with van der Waals surface area (Å²) in [7, 11) is 0. The highest BCUT2D eigenvalue weighted by Crippen LogP contribution is 2.33. The third-order valence-corrected chi connectivity index (χ3v) is 4.25. The predicted molar refractivity (Wildman–Crippen MR) is 82.9 cm³/mol. The number of nitrogens with zero attached hydrogens (tertiary/aromatic N) is 5. The van der Waals surface area contributed by atoms with Crippen LogP contribution in [-0.2, 0) is 13.1 Å². The molecule has 24 heavy (non-hydrogen) atoms. The SMILES string of the molecule is Fc1ccc(F)c(C2c3nnnn3CCN2Cc2ccccc2)c1. The Morgan fingerprint density at radius 1 is 1.04 bits per heavy atom. The lowest BCUT2D eigenvalue weighted by Gasteiger charge is -2.35. The van der Waals surface area contributed by atoms with Gasteiger partial charge >= 0.3 is 0 Å². The molecule has 2 aromatic carbocycles. The van der Waals surface area contributed by atoms with Crippen molar-refractivity contribution in [1.82, 2.24) is 25.1 Å². The molecule has 1 unspecified atom stereocenters. The molecule has 0 aliphatic carbocycles. The fourth-order valence-electron chi connectivity index (χ4n) is 3.13. The fourth-order valence-corrected chi connectivity index (χ4v) is 3.13. The number of fused-ring (bicyclic) bond motifs is 1. The quantitative estimate of drug-likeness (QED) is 0.742. The van der Waals surface area contributed by atoms with E-state index in [1.165, 1.54) is 6.07 Å². The van der Waals surface area contributed by atoms with E-state index in [4.69, 9.17) is 0 Å². The minimum absolute atomic E-state index is 0.252. The summed E-state index contributed by atoms with van der Waals surface area (Å²) in [5.74, 6) is -0.409. The molecule has 1 aromatic heterocycles. The van der Waals surface area contributed by atoms with Crippen molar-refractivity contribution >= 4 is 0 Å². The Labute approximate surface area is 137 Å². The molecule has 0 saturated carbocycles. The Kier molecular flexibility index (Phi) is 3.78. The van der Waals surface area contributed by atoms with Gasteiger partial charge in [-0.05, 0) is 34.2 Å². The minimum atomic E-state index is -0.523. The van der Waals surface area contributed by atoms with Gasteiger partial charge in [-0.25, -0.2) is 13.5 Å². The van der Waals surface area contributed by atoms with Gasteiger partial charge in [0.25, 0.3) is 0 Å². The summed E-state index contributed by atoms with van der Waals surface area (Å²) in [4.78, 5) is 2.07. The maximum atomic E-state index is 14.4. The number of hydrogen-bond acceptors (Lipinski definition) is 4. The van der Waals surface area contributed by atoms with E-state index in [0.29, 0.717) is 25.5 Å². The van der Waals surface area contributed by atoms with Crippen LogP contribution in [0.15, 0.2) is 48.5 Å². The number of rotatable bonds is 3. The van der Waals surface area contributed by atoms with Gasteiger partial charge in [-0.2, -0.15) is 0 Å². The van der Waals surface area contributed by atoms with Gasteiger partial charge in [-0.1, -0.05) is 30.3 Å². The average Bonchev–Trinajstić information content (AvgIpc) is 3.07. The molecule has 0 N–H and O–H groups in total. The summed E-state index contributed by atoms with van der Waals surface area (Å²) in [6.07, 6.45) is 0. The first-order valence-corrected chi connectivity index (χ1v) is 7.71. The zero-order valence-corrected chi connectivity index (χ0v) is 12.8. The van der Waals surface area contributed by atoms with Gasteiger partial charge in [0.15, 0.2) is 5.82 Å². The molecule has 0 fully saturated rings. The van der Waals surface area contributed by atoms with E-state index in [0.717, 1.165) is 17.7 Å². The molecule has 0 bridgehead atoms. The van der Waals surface area contributed by atoms with Gasteiger partial charge in [-0.3, -0.25) is 4.90 Å². The van der Waals surface area contributed by atoms with Crippen LogP contribution in [0.1, 0.15) is 23.0 Å². The maximum Gasteiger partial charge on any atom is 0.173 e. The van der Waals surface area contributed by atoms with Crippen LogP contribution in [0.3, 0.4) is 0 Å². The van der Waals surface area contributed by atoms with Gasteiger partial charge < -0.3 is 0 Å². The van der Waals surface area contributed by atoms with Gasteiger partial charge in [0.05, 0.1) is 6.54 Å². The minimum Gasteiger partial charge on any atom is -0.283 e. The van der Waals surface area contributed by atoms with E-state index in [9.17, 15) is 8.78 Å². The van der Waals surface area contributed by atoms with E-state index in [1.54, 1.807) is 4.68 Å². The van der Waals surface area contributed by atoms with Crippen LogP contribution in [0.5, 0.6) is 0 Å². The van der Waals surface area contributed by atoms with E-state index >= 15 is 0 Å². The van der Waals surface area contributed by atoms with Crippen molar-refractivity contribution in [2.45, 2.75) is 19.1 Å². The van der Waals surface area contributed by atoms with Crippen molar-refractivity contribution in [3.05, 3.63) is 77.1 Å². The topological polar surface area (TPSA) is 46.8 Å². The molecule has 122 valence electrons. The van der Waals surface area contributed by atoms with E-state index in [2.05, 4.69) is 20.4 Å². The summed E-state index contributed by atoms with van der Waals surface area (Å²) in [5, 5.41) is 11.7. The Morgan fingerprint density at radius 3 is 2.71 bits per heavy atom. The van der Waals surface area contributed by atoms with Crippen LogP contribution < -0.4 is 0 Å². The second kappa shape index (κ2) is 6.09. The number of aromatic nitrogens is 4. The van der Waals surface area contributed by atoms with Crippen LogP contribution in [0.4, 0.5) is 8.78 Å². The molecule has 4 rings (SSSR count). The summed E-state index contributed by atoms with van der Waals surface area (Å²) in [6.45, 7) is 1.87. The molecular formula is C17H15F2N5. The highest BCUT2D eigenvalue weighted by Gasteiger charge is 2.33. The smallest absolute Gasteiger partial charge is 0.173 e. The lowest BCUT2D eigenvalue weighted by Crippen LogP contribution is -2.39. The van der Waals surface area contributed by atoms with Gasteiger partial charge in [0.1, 0.15) is 17.7 Å². The van der Waals surface area contributed by atoms with Gasteiger partial charge in [-0.15, -0.1) is 5.10 Å². The number of tetrazole rings is 1. The highest BCUT2D eigenvalue weighted by atomic mass is 19.1. The molecule has 0 radical (unpaired) electrons. The van der Waals surface area contributed by atoms with Crippen molar-refractivity contribution in [1.29, 1.82) is 0 Å². The van der Waals surface area contributed by atoms with Crippen LogP contribution in [0, 0.1) is 11.6 Å². The summed E-state index contributed by atoms with van der Waals surface area (Å²) in [5.41, 5.74) is 1.35. The molecule has 3 aromatic rings. The molecule has 5 nitrogen and oxygen atoms in total. The first kappa shape index (κ1) is 14.9. The van der Waals surface area contributed by atoms with E-state index in [-0.39, 0.29) is 5.56 Å². The zero-order valence-electron chi connectivity index (χ0n) is 12.8. The van der Waals surface area contributed by atoms with Crippen molar-refractivity contribution in [2.24, 2.45) is 0 Å². The lowest BCUT2D eigenvalue weighted by atomic mass is 10.0. The maximum absolute atomic E-state index is 14.4. The number of benzene rings is 2. The molecule has 7 heteroatoms. The third-order valence-electron chi connectivity index (χ3n) is 4.25. The Hall–Kier alpha value is -2.67. The first-order chi connectivity index (χ1) is 11.7. The predicted octanol–water partition coefficient (Wildman–Crippen LogP) is 2.56.